The Morgan fingerprint density at radius 3 is 1.69 bits per heavy atom. The Kier molecular flexibility index (Phi) is 11.1. The fraction of sp³-hybridized carbons (Fsp3) is 0. The normalized spacial score (nSPS) is 7.62. The highest BCUT2D eigenvalue weighted by atomic mass is 127. The zero-order valence-corrected chi connectivity index (χ0v) is 8.45. The lowest BCUT2D eigenvalue weighted by Gasteiger charge is -1.80. The molecule has 0 saturated carbocycles. The third-order valence-corrected chi connectivity index (χ3v) is 2.05. The van der Waals surface area contributed by atoms with Crippen LogP contribution in [0.5, 0.6) is 0 Å². The van der Waals surface area contributed by atoms with Crippen molar-refractivity contribution in [2.75, 3.05) is 0 Å². The van der Waals surface area contributed by atoms with Gasteiger partial charge in [0.2, 0.25) is 0 Å². The van der Waals surface area contributed by atoms with E-state index in [0.29, 0.717) is 0 Å². The fourth-order valence-corrected chi connectivity index (χ4v) is 1.17. The zero-order valence-electron chi connectivity index (χ0n) is 6.29. The molecule has 0 radical (unpaired) electrons. The molecule has 1 rings (SSSR count). The molecule has 0 fully saturated rings. The summed E-state index contributed by atoms with van der Waals surface area (Å²) in [5, 5.41) is 0. The molecule has 0 aliphatic carbocycles. The monoisotopic (exact) mass is 308 g/mol. The molecular weight excluding hydrogens is 302 g/mol. The van der Waals surface area contributed by atoms with Crippen LogP contribution in [-0.2, 0) is 3.07 Å². The van der Waals surface area contributed by atoms with Crippen LogP contribution >= 0.6 is 21.2 Å². The van der Waals surface area contributed by atoms with E-state index in [1.807, 2.05) is 30.3 Å². The molecule has 0 spiro atoms. The van der Waals surface area contributed by atoms with E-state index in [9.17, 15) is 16.0 Å². The minimum Gasteiger partial charge on any atom is -0.269 e. The van der Waals surface area contributed by atoms with Crippen LogP contribution in [0.2, 0.25) is 0 Å². The van der Waals surface area contributed by atoms with Gasteiger partial charge >= 0.3 is 7.54 Å². The topological polar surface area (TPSA) is 17.1 Å². The SMILES string of the molecule is F.FB(F)F.O=Ic1ccccc1. The molecule has 1 aromatic carbocycles. The van der Waals surface area contributed by atoms with E-state index in [1.165, 1.54) is 0 Å². The summed E-state index contributed by atoms with van der Waals surface area (Å²) >= 11 is -0.941. The Morgan fingerprint density at radius 1 is 1.08 bits per heavy atom. The van der Waals surface area contributed by atoms with Crippen LogP contribution in [0.1, 0.15) is 0 Å². The van der Waals surface area contributed by atoms with Crippen LogP contribution < -0.4 is 0 Å². The molecule has 0 atom stereocenters. The maximum absolute atomic E-state index is 10.2. The van der Waals surface area contributed by atoms with Crippen LogP contribution in [0, 0.1) is 3.57 Å². The first kappa shape index (κ1) is 15.0. The van der Waals surface area contributed by atoms with Crippen molar-refractivity contribution in [1.29, 1.82) is 0 Å². The van der Waals surface area contributed by atoms with Gasteiger partial charge in [-0.2, -0.15) is 0 Å². The molecule has 0 amide bonds. The van der Waals surface area contributed by atoms with Gasteiger partial charge in [-0.15, -0.1) is 0 Å². The van der Waals surface area contributed by atoms with E-state index < -0.39 is 28.7 Å². The van der Waals surface area contributed by atoms with Crippen molar-refractivity contribution in [2.24, 2.45) is 0 Å². The van der Waals surface area contributed by atoms with Crippen molar-refractivity contribution in [2.45, 2.75) is 0 Å². The van der Waals surface area contributed by atoms with E-state index in [2.05, 4.69) is 0 Å². The summed E-state index contributed by atoms with van der Waals surface area (Å²) in [6.07, 6.45) is 0. The minimum absolute atomic E-state index is 0. The second-order valence-electron chi connectivity index (χ2n) is 1.62. The summed E-state index contributed by atoms with van der Waals surface area (Å²) in [4.78, 5) is 0. The second-order valence-corrected chi connectivity index (χ2v) is 3.31. The van der Waals surface area contributed by atoms with Crippen LogP contribution in [-0.4, -0.2) is 7.54 Å². The predicted octanol–water partition coefficient (Wildman–Crippen LogP) is 3.20. The van der Waals surface area contributed by atoms with Crippen LogP contribution in [0.3, 0.4) is 0 Å². The third kappa shape index (κ3) is 11.5. The first-order valence-electron chi connectivity index (χ1n) is 2.91. The molecule has 0 saturated heterocycles. The summed E-state index contributed by atoms with van der Waals surface area (Å²) in [7, 11) is -3.67. The lowest BCUT2D eigenvalue weighted by Crippen LogP contribution is -1.76. The van der Waals surface area contributed by atoms with E-state index in [4.69, 9.17) is 0 Å². The number of halogens is 5. The molecule has 7 heteroatoms. The smallest absolute Gasteiger partial charge is 0.269 e. The Morgan fingerprint density at radius 2 is 1.46 bits per heavy atom. The lowest BCUT2D eigenvalue weighted by molar-refractivity contribution is 0.535. The average molecular weight is 308 g/mol. The van der Waals surface area contributed by atoms with Crippen molar-refractivity contribution in [3.63, 3.8) is 0 Å². The minimum atomic E-state index is -3.67. The lowest BCUT2D eigenvalue weighted by atomic mass is 10.4. The molecule has 0 bridgehead atoms. The molecule has 0 aliphatic heterocycles. The summed E-state index contributed by atoms with van der Waals surface area (Å²) in [6.45, 7) is 0. The molecule has 1 aromatic rings. The molecule has 0 aromatic heterocycles. The van der Waals surface area contributed by atoms with Crippen molar-refractivity contribution >= 4 is 28.7 Å². The number of benzene rings is 1. The largest absolute Gasteiger partial charge is 0.762 e. The Hall–Kier alpha value is -0.465. The van der Waals surface area contributed by atoms with Crippen molar-refractivity contribution in [3.8, 4) is 0 Å². The fourth-order valence-electron chi connectivity index (χ4n) is 0.466. The molecule has 0 N–H and O–H groups in total. The maximum atomic E-state index is 10.2. The molecule has 0 unspecified atom stereocenters. The summed E-state index contributed by atoms with van der Waals surface area (Å²) < 4.78 is 40.2. The Balaban J connectivity index is 0. The van der Waals surface area contributed by atoms with Gasteiger partial charge in [-0.25, -0.2) is 0 Å². The van der Waals surface area contributed by atoms with E-state index in [1.54, 1.807) is 0 Å². The highest BCUT2D eigenvalue weighted by Gasteiger charge is 2.06. The van der Waals surface area contributed by atoms with E-state index in [-0.39, 0.29) is 4.70 Å². The molecule has 13 heavy (non-hydrogen) atoms. The van der Waals surface area contributed by atoms with Crippen LogP contribution in [0.25, 0.3) is 0 Å². The molecule has 0 heterocycles. The van der Waals surface area contributed by atoms with Crippen LogP contribution in [0.15, 0.2) is 30.3 Å². The van der Waals surface area contributed by atoms with Gasteiger partial charge in [0, 0.05) is 3.57 Å². The van der Waals surface area contributed by atoms with Crippen molar-refractivity contribution < 1.29 is 20.7 Å². The summed E-state index contributed by atoms with van der Waals surface area (Å²) in [5.74, 6) is 0. The van der Waals surface area contributed by atoms with Crippen LogP contribution in [0.4, 0.5) is 17.7 Å². The van der Waals surface area contributed by atoms with Gasteiger partial charge in [-0.3, -0.25) is 20.7 Å². The van der Waals surface area contributed by atoms with E-state index >= 15 is 0 Å². The molecule has 74 valence electrons. The standard InChI is InChI=1S/C6H5IO.BF3.FH/c8-7-6-4-2-1-3-5-6;2-1(3)4;/h1-5H;;1H. The van der Waals surface area contributed by atoms with Gasteiger partial charge < -0.3 is 0 Å². The highest BCUT2D eigenvalue weighted by molar-refractivity contribution is 14.1. The second kappa shape index (κ2) is 9.62. The molecule has 1 nitrogen and oxygen atoms in total. The Bertz CT molecular complexity index is 218. The van der Waals surface area contributed by atoms with Gasteiger partial charge in [0.1, 0.15) is 0 Å². The molecule has 0 aliphatic rings. The van der Waals surface area contributed by atoms with Gasteiger partial charge in [-0.1, -0.05) is 18.2 Å². The predicted molar refractivity (Wildman–Crippen MR) is 51.4 cm³/mol. The Labute approximate surface area is 83.6 Å². The highest BCUT2D eigenvalue weighted by Crippen LogP contribution is 2.06. The third-order valence-electron chi connectivity index (χ3n) is 0.822. The van der Waals surface area contributed by atoms with E-state index in [0.717, 1.165) is 3.57 Å². The van der Waals surface area contributed by atoms with Gasteiger partial charge in [0.05, 0.1) is 0 Å². The summed E-state index contributed by atoms with van der Waals surface area (Å²) in [5.41, 5.74) is 0. The maximum Gasteiger partial charge on any atom is 0.762 e. The van der Waals surface area contributed by atoms with Gasteiger partial charge in [0.25, 0.3) is 0 Å². The first-order valence-corrected chi connectivity index (χ1v) is 4.87. The van der Waals surface area contributed by atoms with Gasteiger partial charge in [0.15, 0.2) is 21.2 Å². The zero-order chi connectivity index (χ0) is 9.40. The van der Waals surface area contributed by atoms with Gasteiger partial charge in [-0.05, 0) is 12.1 Å². The number of hydrogen-bond acceptors (Lipinski definition) is 1. The molecular formula is C6H6BF4IO. The quantitative estimate of drug-likeness (QED) is 0.442. The van der Waals surface area contributed by atoms with Crippen molar-refractivity contribution in [1.82, 2.24) is 0 Å². The average Bonchev–Trinajstić information content (AvgIpc) is 2.05. The number of hydrogen-bond donors (Lipinski definition) is 0. The number of rotatable bonds is 1. The first-order chi connectivity index (χ1) is 5.66. The summed E-state index contributed by atoms with van der Waals surface area (Å²) in [6, 6.07) is 9.46. The van der Waals surface area contributed by atoms with Crippen molar-refractivity contribution in [3.05, 3.63) is 33.9 Å².